The van der Waals surface area contributed by atoms with Gasteiger partial charge in [-0.15, -0.1) is 0 Å². The summed E-state index contributed by atoms with van der Waals surface area (Å²) in [5.74, 6) is 0.353. The van der Waals surface area contributed by atoms with Gasteiger partial charge in [-0.3, -0.25) is 20.6 Å². The predicted octanol–water partition coefficient (Wildman–Crippen LogP) is 0.637. The van der Waals surface area contributed by atoms with Gasteiger partial charge < -0.3 is 4.74 Å². The number of aromatic nitrogens is 3. The van der Waals surface area contributed by atoms with Gasteiger partial charge in [-0.2, -0.15) is 4.98 Å². The lowest BCUT2D eigenvalue weighted by atomic mass is 10.3. The summed E-state index contributed by atoms with van der Waals surface area (Å²) in [6, 6.07) is 4.81. The Kier molecular flexibility index (Phi) is 3.65. The molecule has 0 unspecified atom stereocenters. The highest BCUT2D eigenvalue weighted by Gasteiger charge is 2.05. The lowest BCUT2D eigenvalue weighted by molar-refractivity contribution is 0.0962. The van der Waals surface area contributed by atoms with E-state index in [2.05, 4.69) is 25.8 Å². The molecule has 0 atom stereocenters. The number of hydrogen-bond acceptors (Lipinski definition) is 6. The molecule has 0 aliphatic carbocycles. The van der Waals surface area contributed by atoms with Gasteiger partial charge in [0.2, 0.25) is 11.8 Å². The molecule has 2 aromatic rings. The average molecular weight is 245 g/mol. The van der Waals surface area contributed by atoms with Gasteiger partial charge in [0.15, 0.2) is 0 Å². The van der Waals surface area contributed by atoms with E-state index in [0.717, 1.165) is 0 Å². The number of amides is 1. The quantitative estimate of drug-likeness (QED) is 0.768. The minimum atomic E-state index is -0.302. The van der Waals surface area contributed by atoms with Crippen molar-refractivity contribution in [2.45, 2.75) is 0 Å². The molecule has 1 amide bonds. The zero-order valence-corrected chi connectivity index (χ0v) is 9.62. The number of rotatable bonds is 4. The smallest absolute Gasteiger partial charge is 0.269 e. The van der Waals surface area contributed by atoms with Gasteiger partial charge in [0.25, 0.3) is 5.91 Å². The fourth-order valence-electron chi connectivity index (χ4n) is 1.20. The van der Waals surface area contributed by atoms with Crippen LogP contribution in [0.2, 0.25) is 0 Å². The van der Waals surface area contributed by atoms with E-state index in [-0.39, 0.29) is 11.9 Å². The Morgan fingerprint density at radius 1 is 1.22 bits per heavy atom. The summed E-state index contributed by atoms with van der Waals surface area (Å²) < 4.78 is 4.93. The fourth-order valence-corrected chi connectivity index (χ4v) is 1.20. The molecule has 0 saturated heterocycles. The zero-order chi connectivity index (χ0) is 12.8. The van der Waals surface area contributed by atoms with Crippen LogP contribution in [0.5, 0.6) is 5.88 Å². The minimum Gasteiger partial charge on any atom is -0.481 e. The van der Waals surface area contributed by atoms with Crippen LogP contribution < -0.4 is 15.6 Å². The summed E-state index contributed by atoms with van der Waals surface area (Å²) >= 11 is 0. The number of carbonyl (C=O) groups is 1. The molecular weight excluding hydrogens is 234 g/mol. The summed E-state index contributed by atoms with van der Waals surface area (Å²) in [5.41, 5.74) is 5.55. The number of anilines is 1. The van der Waals surface area contributed by atoms with Crippen molar-refractivity contribution < 1.29 is 9.53 Å². The van der Waals surface area contributed by atoms with Gasteiger partial charge in [-0.05, 0) is 12.1 Å². The maximum Gasteiger partial charge on any atom is 0.269 e. The van der Waals surface area contributed by atoms with Crippen LogP contribution in [0.3, 0.4) is 0 Å². The molecule has 0 bridgehead atoms. The Labute approximate surface area is 103 Å². The summed E-state index contributed by atoms with van der Waals surface area (Å²) in [5, 5.41) is 0. The van der Waals surface area contributed by atoms with Crippen molar-refractivity contribution in [3.05, 3.63) is 42.4 Å². The Morgan fingerprint density at radius 2 is 2.00 bits per heavy atom. The second-order valence-electron chi connectivity index (χ2n) is 3.24. The summed E-state index contributed by atoms with van der Waals surface area (Å²) in [6.07, 6.45) is 4.60. The molecule has 2 heterocycles. The SMILES string of the molecule is COc1ccnc(NNC(=O)c2ccncc2)n1. The first-order valence-corrected chi connectivity index (χ1v) is 5.13. The third kappa shape index (κ3) is 2.91. The largest absolute Gasteiger partial charge is 0.481 e. The normalized spacial score (nSPS) is 9.61. The van der Waals surface area contributed by atoms with Crippen LogP contribution in [0.25, 0.3) is 0 Å². The summed E-state index contributed by atoms with van der Waals surface area (Å²) in [7, 11) is 1.50. The van der Waals surface area contributed by atoms with Crippen molar-refractivity contribution in [2.75, 3.05) is 12.5 Å². The van der Waals surface area contributed by atoms with Gasteiger partial charge >= 0.3 is 0 Å². The molecule has 7 heteroatoms. The molecule has 0 fully saturated rings. The lowest BCUT2D eigenvalue weighted by Crippen LogP contribution is -2.30. The first-order chi connectivity index (χ1) is 8.79. The Balaban J connectivity index is 1.97. The number of pyridine rings is 1. The van der Waals surface area contributed by atoms with Crippen molar-refractivity contribution in [2.24, 2.45) is 0 Å². The molecule has 0 aliphatic heterocycles. The van der Waals surface area contributed by atoms with E-state index in [9.17, 15) is 4.79 Å². The van der Waals surface area contributed by atoms with Gasteiger partial charge in [-0.25, -0.2) is 4.98 Å². The second-order valence-corrected chi connectivity index (χ2v) is 3.24. The van der Waals surface area contributed by atoms with Crippen LogP contribution in [0.1, 0.15) is 10.4 Å². The third-order valence-electron chi connectivity index (χ3n) is 2.07. The molecule has 2 aromatic heterocycles. The zero-order valence-electron chi connectivity index (χ0n) is 9.62. The maximum absolute atomic E-state index is 11.7. The molecule has 2 rings (SSSR count). The monoisotopic (exact) mass is 245 g/mol. The minimum absolute atomic E-state index is 0.247. The number of nitrogens with zero attached hydrogens (tertiary/aromatic N) is 3. The predicted molar refractivity (Wildman–Crippen MR) is 63.9 cm³/mol. The maximum atomic E-state index is 11.7. The van der Waals surface area contributed by atoms with E-state index in [4.69, 9.17) is 4.74 Å². The molecule has 0 spiro atoms. The number of ether oxygens (including phenoxy) is 1. The molecule has 0 aromatic carbocycles. The number of methoxy groups -OCH3 is 1. The molecule has 92 valence electrons. The average Bonchev–Trinajstić information content (AvgIpc) is 2.46. The summed E-state index contributed by atoms with van der Waals surface area (Å²) in [4.78, 5) is 23.4. The van der Waals surface area contributed by atoms with E-state index < -0.39 is 0 Å². The second kappa shape index (κ2) is 5.58. The molecule has 0 aliphatic rings. The van der Waals surface area contributed by atoms with Crippen molar-refractivity contribution in [3.8, 4) is 5.88 Å². The molecule has 2 N–H and O–H groups in total. The Morgan fingerprint density at radius 3 is 2.72 bits per heavy atom. The molecule has 0 radical (unpaired) electrons. The van der Waals surface area contributed by atoms with Crippen molar-refractivity contribution in [1.82, 2.24) is 20.4 Å². The highest BCUT2D eigenvalue weighted by atomic mass is 16.5. The molecule has 18 heavy (non-hydrogen) atoms. The molecule has 0 saturated carbocycles. The Hall–Kier alpha value is -2.70. The number of hydrogen-bond donors (Lipinski definition) is 2. The van der Waals surface area contributed by atoms with Crippen LogP contribution in [0.15, 0.2) is 36.8 Å². The van der Waals surface area contributed by atoms with E-state index in [0.29, 0.717) is 11.4 Å². The topological polar surface area (TPSA) is 89.0 Å². The van der Waals surface area contributed by atoms with Crippen molar-refractivity contribution in [1.29, 1.82) is 0 Å². The van der Waals surface area contributed by atoms with Crippen molar-refractivity contribution in [3.63, 3.8) is 0 Å². The van der Waals surface area contributed by atoms with Crippen LogP contribution >= 0.6 is 0 Å². The highest BCUT2D eigenvalue weighted by Crippen LogP contribution is 2.06. The van der Waals surface area contributed by atoms with Gasteiger partial charge in [0, 0.05) is 30.2 Å². The summed E-state index contributed by atoms with van der Waals surface area (Å²) in [6.45, 7) is 0. The van der Waals surface area contributed by atoms with E-state index >= 15 is 0 Å². The van der Waals surface area contributed by atoms with Gasteiger partial charge in [0.05, 0.1) is 7.11 Å². The number of nitrogens with one attached hydrogen (secondary N) is 2. The van der Waals surface area contributed by atoms with Gasteiger partial charge in [-0.1, -0.05) is 0 Å². The van der Waals surface area contributed by atoms with Gasteiger partial charge in [0.1, 0.15) is 0 Å². The first-order valence-electron chi connectivity index (χ1n) is 5.13. The van der Waals surface area contributed by atoms with E-state index in [1.807, 2.05) is 0 Å². The molecular formula is C11H11N5O2. The third-order valence-corrected chi connectivity index (χ3v) is 2.07. The lowest BCUT2D eigenvalue weighted by Gasteiger charge is -2.07. The van der Waals surface area contributed by atoms with Crippen LogP contribution in [0, 0.1) is 0 Å². The number of carbonyl (C=O) groups excluding carboxylic acids is 1. The van der Waals surface area contributed by atoms with Crippen molar-refractivity contribution >= 4 is 11.9 Å². The van der Waals surface area contributed by atoms with Crippen LogP contribution in [-0.2, 0) is 0 Å². The highest BCUT2D eigenvalue weighted by molar-refractivity contribution is 5.94. The standard InChI is InChI=1S/C11H11N5O2/c1-18-9-4-7-13-11(14-9)16-15-10(17)8-2-5-12-6-3-8/h2-7H,1H3,(H,15,17)(H,13,14,16). The van der Waals surface area contributed by atoms with Crippen LogP contribution in [0.4, 0.5) is 5.95 Å². The van der Waals surface area contributed by atoms with Crippen LogP contribution in [-0.4, -0.2) is 28.0 Å². The van der Waals surface area contributed by atoms with E-state index in [1.54, 1.807) is 18.2 Å². The molecule has 7 nitrogen and oxygen atoms in total. The Bertz CT molecular complexity index is 532. The fraction of sp³-hybridized carbons (Fsp3) is 0.0909. The van der Waals surface area contributed by atoms with E-state index in [1.165, 1.54) is 25.7 Å². The number of hydrazine groups is 1. The first kappa shape index (κ1) is 11.8.